The average Bonchev–Trinajstić information content (AvgIpc) is 2.06. The summed E-state index contributed by atoms with van der Waals surface area (Å²) in [5.41, 5.74) is 0.482. The van der Waals surface area contributed by atoms with Crippen LogP contribution in [0.15, 0.2) is 0 Å². The van der Waals surface area contributed by atoms with Gasteiger partial charge in [0.15, 0.2) is 0 Å². The summed E-state index contributed by atoms with van der Waals surface area (Å²) < 4.78 is 5.36. The highest BCUT2D eigenvalue weighted by Gasteiger charge is 2.57. The van der Waals surface area contributed by atoms with Crippen LogP contribution in [0.5, 0.6) is 0 Å². The summed E-state index contributed by atoms with van der Waals surface area (Å²) >= 11 is 0. The van der Waals surface area contributed by atoms with Gasteiger partial charge in [-0.1, -0.05) is 20.8 Å². The molecule has 0 radical (unpaired) electrons. The molecule has 0 saturated heterocycles. The summed E-state index contributed by atoms with van der Waals surface area (Å²) in [6, 6.07) is 0. The molecule has 2 nitrogen and oxygen atoms in total. The molecule has 3 saturated carbocycles. The van der Waals surface area contributed by atoms with Crippen molar-refractivity contribution in [2.75, 3.05) is 0 Å². The molecule has 2 bridgehead atoms. The third-order valence-corrected chi connectivity index (χ3v) is 4.60. The van der Waals surface area contributed by atoms with E-state index in [4.69, 9.17) is 4.74 Å². The quantitative estimate of drug-likeness (QED) is 0.603. The third kappa shape index (κ3) is 1.27. The van der Waals surface area contributed by atoms with Crippen LogP contribution in [0.2, 0.25) is 0 Å². The molecule has 0 aromatic heterocycles. The highest BCUT2D eigenvalue weighted by molar-refractivity contribution is 5.66. The van der Waals surface area contributed by atoms with Crippen LogP contribution < -0.4 is 0 Å². The summed E-state index contributed by atoms with van der Waals surface area (Å²) in [6.07, 6.45) is 2.60. The molecule has 3 aliphatic carbocycles. The fourth-order valence-electron chi connectivity index (χ4n) is 3.47. The number of ether oxygens (including phenoxy) is 1. The van der Waals surface area contributed by atoms with Crippen molar-refractivity contribution in [2.45, 2.75) is 46.6 Å². The van der Waals surface area contributed by atoms with Crippen molar-refractivity contribution in [1.29, 1.82) is 0 Å². The molecule has 14 heavy (non-hydrogen) atoms. The van der Waals surface area contributed by atoms with Crippen molar-refractivity contribution >= 4 is 5.97 Å². The third-order valence-electron chi connectivity index (χ3n) is 4.60. The minimum absolute atomic E-state index is 0.124. The lowest BCUT2D eigenvalue weighted by Crippen LogP contribution is -2.57. The number of hydrogen-bond acceptors (Lipinski definition) is 2. The number of carbonyl (C=O) groups excluding carboxylic acids is 1. The summed E-state index contributed by atoms with van der Waals surface area (Å²) in [6.45, 7) is 8.45. The minimum atomic E-state index is -0.124. The zero-order valence-electron chi connectivity index (χ0n) is 9.54. The van der Waals surface area contributed by atoms with E-state index in [1.165, 1.54) is 13.3 Å². The predicted octanol–water partition coefficient (Wildman–Crippen LogP) is 2.62. The molecule has 0 aliphatic heterocycles. The van der Waals surface area contributed by atoms with Crippen LogP contribution in [-0.4, -0.2) is 12.1 Å². The van der Waals surface area contributed by atoms with E-state index in [1.54, 1.807) is 0 Å². The molecule has 0 aromatic carbocycles. The van der Waals surface area contributed by atoms with Gasteiger partial charge in [0.25, 0.3) is 0 Å². The van der Waals surface area contributed by atoms with E-state index in [0.717, 1.165) is 18.3 Å². The molecule has 0 unspecified atom stereocenters. The van der Waals surface area contributed by atoms with Crippen LogP contribution >= 0.6 is 0 Å². The second kappa shape index (κ2) is 2.98. The number of esters is 1. The van der Waals surface area contributed by atoms with Gasteiger partial charge in [-0.05, 0) is 36.0 Å². The Morgan fingerprint density at radius 3 is 2.43 bits per heavy atom. The van der Waals surface area contributed by atoms with Crippen molar-refractivity contribution in [2.24, 2.45) is 23.2 Å². The maximum absolute atomic E-state index is 10.9. The Hall–Kier alpha value is -0.530. The van der Waals surface area contributed by atoms with E-state index in [-0.39, 0.29) is 12.1 Å². The maximum Gasteiger partial charge on any atom is 0.302 e. The first-order chi connectivity index (χ1) is 6.43. The maximum atomic E-state index is 10.9. The van der Waals surface area contributed by atoms with E-state index < -0.39 is 0 Å². The molecule has 4 atom stereocenters. The van der Waals surface area contributed by atoms with Crippen LogP contribution in [0, 0.1) is 23.2 Å². The Morgan fingerprint density at radius 1 is 1.36 bits per heavy atom. The molecule has 0 heterocycles. The largest absolute Gasteiger partial charge is 0.462 e. The van der Waals surface area contributed by atoms with Crippen LogP contribution in [0.1, 0.15) is 40.5 Å². The van der Waals surface area contributed by atoms with Crippen molar-refractivity contribution in [3.8, 4) is 0 Å². The molecule has 80 valence electrons. The minimum Gasteiger partial charge on any atom is -0.462 e. The molecule has 0 spiro atoms. The molecule has 3 aliphatic rings. The zero-order chi connectivity index (χ0) is 10.5. The summed E-state index contributed by atoms with van der Waals surface area (Å²) in [5.74, 6) is 1.94. The second-order valence-corrected chi connectivity index (χ2v) is 5.60. The highest BCUT2D eigenvalue weighted by atomic mass is 16.5. The van der Waals surface area contributed by atoms with Crippen LogP contribution in [-0.2, 0) is 9.53 Å². The lowest BCUT2D eigenvalue weighted by Gasteiger charge is -2.61. The molecular formula is C12H20O2. The van der Waals surface area contributed by atoms with Crippen molar-refractivity contribution in [1.82, 2.24) is 0 Å². The number of rotatable bonds is 1. The Labute approximate surface area is 86.0 Å². The first-order valence-electron chi connectivity index (χ1n) is 5.60. The Bertz CT molecular complexity index is 257. The molecule has 0 N–H and O–H groups in total. The lowest BCUT2D eigenvalue weighted by molar-refractivity contribution is -0.184. The molecule has 3 fully saturated rings. The molecule has 0 amide bonds. The van der Waals surface area contributed by atoms with Gasteiger partial charge in [-0.15, -0.1) is 0 Å². The standard InChI is InChI=1S/C12H20O2/c1-7-10-5-9(12(10,3)4)6-11(7)14-8(2)13/h7,9-11H,5-6H2,1-4H3/t7-,9-,10+,11-/m1/s1. The van der Waals surface area contributed by atoms with Gasteiger partial charge in [0.1, 0.15) is 6.10 Å². The fraction of sp³-hybridized carbons (Fsp3) is 0.917. The average molecular weight is 196 g/mol. The fourth-order valence-corrected chi connectivity index (χ4v) is 3.47. The Balaban J connectivity index is 2.04. The van der Waals surface area contributed by atoms with Gasteiger partial charge in [-0.3, -0.25) is 4.79 Å². The van der Waals surface area contributed by atoms with E-state index in [2.05, 4.69) is 20.8 Å². The zero-order valence-corrected chi connectivity index (χ0v) is 9.54. The van der Waals surface area contributed by atoms with E-state index in [1.807, 2.05) is 0 Å². The Kier molecular flexibility index (Phi) is 2.13. The molecular weight excluding hydrogens is 176 g/mol. The van der Waals surface area contributed by atoms with Gasteiger partial charge in [0, 0.05) is 6.92 Å². The van der Waals surface area contributed by atoms with Gasteiger partial charge >= 0.3 is 5.97 Å². The van der Waals surface area contributed by atoms with Crippen molar-refractivity contribution in [3.63, 3.8) is 0 Å². The Morgan fingerprint density at radius 2 is 2.00 bits per heavy atom. The van der Waals surface area contributed by atoms with Crippen LogP contribution in [0.3, 0.4) is 0 Å². The number of carbonyl (C=O) groups is 1. The smallest absolute Gasteiger partial charge is 0.302 e. The summed E-state index contributed by atoms with van der Waals surface area (Å²) in [7, 11) is 0. The van der Waals surface area contributed by atoms with Gasteiger partial charge in [-0.25, -0.2) is 0 Å². The first-order valence-corrected chi connectivity index (χ1v) is 5.60. The van der Waals surface area contributed by atoms with Crippen LogP contribution in [0.4, 0.5) is 0 Å². The van der Waals surface area contributed by atoms with Crippen LogP contribution in [0.25, 0.3) is 0 Å². The van der Waals surface area contributed by atoms with Gasteiger partial charge < -0.3 is 4.74 Å². The van der Waals surface area contributed by atoms with Gasteiger partial charge in [0.2, 0.25) is 0 Å². The molecule has 2 heteroatoms. The second-order valence-electron chi connectivity index (χ2n) is 5.60. The summed E-state index contributed by atoms with van der Waals surface area (Å²) in [5, 5.41) is 0. The van der Waals surface area contributed by atoms with Crippen molar-refractivity contribution < 1.29 is 9.53 Å². The van der Waals surface area contributed by atoms with Gasteiger partial charge in [0.05, 0.1) is 0 Å². The van der Waals surface area contributed by atoms with E-state index in [0.29, 0.717) is 11.3 Å². The lowest BCUT2D eigenvalue weighted by atomic mass is 9.45. The van der Waals surface area contributed by atoms with Crippen molar-refractivity contribution in [3.05, 3.63) is 0 Å². The molecule has 0 aromatic rings. The topological polar surface area (TPSA) is 26.3 Å². The summed E-state index contributed by atoms with van der Waals surface area (Å²) in [4.78, 5) is 10.9. The molecule has 3 rings (SSSR count). The van der Waals surface area contributed by atoms with E-state index in [9.17, 15) is 4.79 Å². The SMILES string of the molecule is CC(=O)O[C@@H]1C[C@H]2C[C@@H]([C@H]1C)C2(C)C. The van der Waals surface area contributed by atoms with E-state index >= 15 is 0 Å². The number of hydrogen-bond donors (Lipinski definition) is 0. The monoisotopic (exact) mass is 196 g/mol. The van der Waals surface area contributed by atoms with Gasteiger partial charge in [-0.2, -0.15) is 0 Å². The normalized spacial score (nSPS) is 44.0. The first kappa shape index (κ1) is 10.0. The number of fused-ring (bicyclic) bond motifs is 2. The predicted molar refractivity (Wildman–Crippen MR) is 54.7 cm³/mol. The highest BCUT2D eigenvalue weighted by Crippen LogP contribution is 2.61.